The number of H-pyrrole nitrogens is 1. The highest BCUT2D eigenvalue weighted by Crippen LogP contribution is 2.29. The van der Waals surface area contributed by atoms with Gasteiger partial charge in [0.15, 0.2) is 11.2 Å². The van der Waals surface area contributed by atoms with Gasteiger partial charge < -0.3 is 4.57 Å². The first kappa shape index (κ1) is 20.1. The summed E-state index contributed by atoms with van der Waals surface area (Å²) < 4.78 is 5.34. The summed E-state index contributed by atoms with van der Waals surface area (Å²) in [5.41, 5.74) is 2.02. The van der Waals surface area contributed by atoms with Crippen LogP contribution in [0.15, 0.2) is 15.8 Å². The molecule has 152 valence electrons. The van der Waals surface area contributed by atoms with E-state index in [1.165, 1.54) is 0 Å². The molecule has 0 spiro atoms. The quantitative estimate of drug-likeness (QED) is 0.644. The van der Waals surface area contributed by atoms with Gasteiger partial charge in [-0.15, -0.1) is 0 Å². The van der Waals surface area contributed by atoms with E-state index in [4.69, 9.17) is 4.98 Å². The van der Waals surface area contributed by atoms with Crippen molar-refractivity contribution in [3.63, 3.8) is 0 Å². The van der Waals surface area contributed by atoms with Crippen molar-refractivity contribution in [1.82, 2.24) is 28.9 Å². The maximum Gasteiger partial charge on any atom is 0.330 e. The second-order valence-corrected chi connectivity index (χ2v) is 7.63. The Morgan fingerprint density at radius 1 is 1.07 bits per heavy atom. The van der Waals surface area contributed by atoms with E-state index in [0.717, 1.165) is 36.9 Å². The predicted molar refractivity (Wildman–Crippen MR) is 111 cm³/mol. The minimum absolute atomic E-state index is 0.219. The fraction of sp³-hybridized carbons (Fsp3) is 0.600. The van der Waals surface area contributed by atoms with Gasteiger partial charge in [-0.1, -0.05) is 40.5 Å². The number of unbranched alkanes of at least 4 members (excludes halogenated alkanes) is 2. The largest absolute Gasteiger partial charge is 0.330 e. The van der Waals surface area contributed by atoms with E-state index < -0.39 is 5.69 Å². The van der Waals surface area contributed by atoms with Gasteiger partial charge in [0.1, 0.15) is 5.82 Å². The maximum atomic E-state index is 12.7. The maximum absolute atomic E-state index is 12.7. The van der Waals surface area contributed by atoms with Crippen LogP contribution in [0.2, 0.25) is 0 Å². The number of nitrogens with one attached hydrogen (secondary N) is 1. The third kappa shape index (κ3) is 3.55. The van der Waals surface area contributed by atoms with E-state index in [9.17, 15) is 9.59 Å². The molecular weight excluding hydrogens is 356 g/mol. The lowest BCUT2D eigenvalue weighted by Crippen LogP contribution is -2.31. The average Bonchev–Trinajstić information content (AvgIpc) is 3.20. The number of imidazole rings is 1. The highest BCUT2D eigenvalue weighted by molar-refractivity contribution is 5.77. The number of nitrogens with zero attached hydrogens (tertiary/aromatic N) is 5. The zero-order valence-electron chi connectivity index (χ0n) is 17.4. The number of aryl methyl sites for hydroxylation is 3. The molecule has 28 heavy (non-hydrogen) atoms. The molecule has 3 aromatic rings. The SMILES string of the molecule is CCCCn1c(-c2cn(C)nc2C(C)C)nc2c1c(=O)[nH]c(=O)n2CCCC. The normalized spacial score (nSPS) is 11.8. The summed E-state index contributed by atoms with van der Waals surface area (Å²) in [6, 6.07) is 0. The Morgan fingerprint density at radius 3 is 2.32 bits per heavy atom. The summed E-state index contributed by atoms with van der Waals surface area (Å²) >= 11 is 0. The zero-order chi connectivity index (χ0) is 20.4. The molecule has 3 aromatic heterocycles. The van der Waals surface area contributed by atoms with E-state index in [2.05, 4.69) is 37.8 Å². The van der Waals surface area contributed by atoms with Crippen molar-refractivity contribution in [3.8, 4) is 11.4 Å². The van der Waals surface area contributed by atoms with Gasteiger partial charge in [0.05, 0.1) is 11.3 Å². The Labute approximate surface area is 164 Å². The molecule has 1 N–H and O–H groups in total. The first-order valence-electron chi connectivity index (χ1n) is 10.2. The summed E-state index contributed by atoms with van der Waals surface area (Å²) in [7, 11) is 1.89. The second-order valence-electron chi connectivity index (χ2n) is 7.63. The molecule has 0 radical (unpaired) electrons. The Balaban J connectivity index is 2.35. The number of rotatable bonds is 8. The number of aromatic nitrogens is 6. The first-order chi connectivity index (χ1) is 13.4. The topological polar surface area (TPSA) is 90.5 Å². The van der Waals surface area contributed by atoms with Gasteiger partial charge in [-0.05, 0) is 18.8 Å². The highest BCUT2D eigenvalue weighted by Gasteiger charge is 2.23. The molecule has 0 atom stereocenters. The van der Waals surface area contributed by atoms with Crippen LogP contribution in [0, 0.1) is 0 Å². The number of hydrogen-bond acceptors (Lipinski definition) is 4. The van der Waals surface area contributed by atoms with Crippen LogP contribution in [0.3, 0.4) is 0 Å². The summed E-state index contributed by atoms with van der Waals surface area (Å²) in [5, 5.41) is 4.60. The molecule has 0 saturated heterocycles. The van der Waals surface area contributed by atoms with Crippen LogP contribution in [0.25, 0.3) is 22.6 Å². The van der Waals surface area contributed by atoms with Crippen molar-refractivity contribution < 1.29 is 0 Å². The van der Waals surface area contributed by atoms with Gasteiger partial charge in [0, 0.05) is 26.3 Å². The van der Waals surface area contributed by atoms with Crippen LogP contribution < -0.4 is 11.2 Å². The lowest BCUT2D eigenvalue weighted by Gasteiger charge is -2.09. The van der Waals surface area contributed by atoms with E-state index in [1.54, 1.807) is 9.25 Å². The molecule has 3 rings (SSSR count). The van der Waals surface area contributed by atoms with E-state index >= 15 is 0 Å². The molecule has 8 nitrogen and oxygen atoms in total. The predicted octanol–water partition coefficient (Wildman–Crippen LogP) is 3.01. The fourth-order valence-corrected chi connectivity index (χ4v) is 3.54. The summed E-state index contributed by atoms with van der Waals surface area (Å²) in [5.74, 6) is 0.929. The molecular formula is C20H30N6O2. The fourth-order valence-electron chi connectivity index (χ4n) is 3.54. The highest BCUT2D eigenvalue weighted by atomic mass is 16.2. The molecule has 0 unspecified atom stereocenters. The van der Waals surface area contributed by atoms with Crippen molar-refractivity contribution in [3.05, 3.63) is 32.7 Å². The van der Waals surface area contributed by atoms with E-state index in [0.29, 0.717) is 30.1 Å². The summed E-state index contributed by atoms with van der Waals surface area (Å²) in [4.78, 5) is 32.5. The molecule has 0 aliphatic carbocycles. The Hall–Kier alpha value is -2.64. The van der Waals surface area contributed by atoms with E-state index in [1.807, 2.05) is 17.8 Å². The summed E-state index contributed by atoms with van der Waals surface area (Å²) in [6.07, 6.45) is 5.67. The monoisotopic (exact) mass is 386 g/mol. The Morgan fingerprint density at radius 2 is 1.71 bits per heavy atom. The molecule has 0 bridgehead atoms. The van der Waals surface area contributed by atoms with Gasteiger partial charge in [0.2, 0.25) is 0 Å². The average molecular weight is 387 g/mol. The Kier molecular flexibility index (Phi) is 5.86. The van der Waals surface area contributed by atoms with E-state index in [-0.39, 0.29) is 11.5 Å². The zero-order valence-corrected chi connectivity index (χ0v) is 17.4. The van der Waals surface area contributed by atoms with Crippen molar-refractivity contribution in [2.75, 3.05) is 0 Å². The van der Waals surface area contributed by atoms with Gasteiger partial charge in [-0.2, -0.15) is 5.10 Å². The van der Waals surface area contributed by atoms with Gasteiger partial charge in [-0.3, -0.25) is 19.0 Å². The molecule has 3 heterocycles. The van der Waals surface area contributed by atoms with Crippen LogP contribution in [0.5, 0.6) is 0 Å². The number of aromatic amines is 1. The third-order valence-corrected chi connectivity index (χ3v) is 5.00. The lowest BCUT2D eigenvalue weighted by atomic mass is 10.1. The molecule has 0 aromatic carbocycles. The van der Waals surface area contributed by atoms with Crippen LogP contribution in [-0.4, -0.2) is 28.9 Å². The standard InChI is InChI=1S/C20H30N6O2/c1-6-8-10-25-16-18(26(11-9-7-2)20(28)22-19(16)27)21-17(25)14-12-24(5)23-15(14)13(3)4/h12-13H,6-11H2,1-5H3,(H,22,27,28). The summed E-state index contributed by atoms with van der Waals surface area (Å²) in [6.45, 7) is 9.58. The van der Waals surface area contributed by atoms with Crippen molar-refractivity contribution in [2.24, 2.45) is 7.05 Å². The molecule has 0 aliphatic heterocycles. The number of hydrogen-bond donors (Lipinski definition) is 1. The second kappa shape index (κ2) is 8.16. The first-order valence-corrected chi connectivity index (χ1v) is 10.2. The van der Waals surface area contributed by atoms with Crippen molar-refractivity contribution >= 4 is 11.2 Å². The van der Waals surface area contributed by atoms with Crippen LogP contribution >= 0.6 is 0 Å². The van der Waals surface area contributed by atoms with Crippen molar-refractivity contribution in [1.29, 1.82) is 0 Å². The van der Waals surface area contributed by atoms with Crippen LogP contribution in [0.1, 0.15) is 65.0 Å². The molecule has 8 heteroatoms. The van der Waals surface area contributed by atoms with Crippen LogP contribution in [-0.2, 0) is 20.1 Å². The molecule has 0 fully saturated rings. The molecule has 0 amide bonds. The van der Waals surface area contributed by atoms with Crippen LogP contribution in [0.4, 0.5) is 0 Å². The van der Waals surface area contributed by atoms with Crippen molar-refractivity contribution in [2.45, 2.75) is 72.4 Å². The molecule has 0 aliphatic rings. The van der Waals surface area contributed by atoms with Gasteiger partial charge in [-0.25, -0.2) is 9.78 Å². The molecule has 0 saturated carbocycles. The minimum atomic E-state index is -0.395. The Bertz CT molecular complexity index is 1080. The third-order valence-electron chi connectivity index (χ3n) is 5.00. The smallest absolute Gasteiger partial charge is 0.318 e. The number of fused-ring (bicyclic) bond motifs is 1. The van der Waals surface area contributed by atoms with Gasteiger partial charge in [0.25, 0.3) is 5.56 Å². The van der Waals surface area contributed by atoms with Gasteiger partial charge >= 0.3 is 5.69 Å². The minimum Gasteiger partial charge on any atom is -0.318 e. The lowest BCUT2D eigenvalue weighted by molar-refractivity contribution is 0.611.